The van der Waals surface area contributed by atoms with E-state index < -0.39 is 0 Å². The first-order valence-corrected chi connectivity index (χ1v) is 6.11. The molecule has 5 heteroatoms. The number of nitrogens with zero attached hydrogens (tertiary/aromatic N) is 1. The molecule has 0 saturated carbocycles. The average molecular weight is 241 g/mol. The highest BCUT2D eigenvalue weighted by molar-refractivity contribution is 6.04. The zero-order valence-electron chi connectivity index (χ0n) is 9.98. The molecule has 0 spiro atoms. The Labute approximate surface area is 101 Å². The van der Waals surface area contributed by atoms with E-state index >= 15 is 0 Å². The fraction of sp³-hybridized carbons (Fsp3) is 0.750. The first-order valence-electron chi connectivity index (χ1n) is 6.11. The van der Waals surface area contributed by atoms with E-state index in [1.54, 1.807) is 0 Å². The summed E-state index contributed by atoms with van der Waals surface area (Å²) in [6.45, 7) is 0.127. The molecule has 1 fully saturated rings. The van der Waals surface area contributed by atoms with Crippen LogP contribution in [-0.4, -0.2) is 40.8 Å². The van der Waals surface area contributed by atoms with Gasteiger partial charge in [-0.05, 0) is 12.8 Å². The van der Waals surface area contributed by atoms with Crippen molar-refractivity contribution in [2.24, 2.45) is 0 Å². The maximum atomic E-state index is 11.5. The number of aliphatic hydroxyl groups excluding tert-OH is 1. The molecule has 1 saturated heterocycles. The van der Waals surface area contributed by atoms with E-state index in [0.717, 1.165) is 30.6 Å². The minimum absolute atomic E-state index is 0.0578. The second-order valence-corrected chi connectivity index (χ2v) is 4.30. The summed E-state index contributed by atoms with van der Waals surface area (Å²) in [5.74, 6) is -0.523. The van der Waals surface area contributed by atoms with E-state index in [2.05, 4.69) is 0 Å². The van der Waals surface area contributed by atoms with Gasteiger partial charge < -0.3 is 5.11 Å². The number of Topliss-reactive ketones (excluding diaryl/α,β-unsaturated/α-hetero) is 1. The highest BCUT2D eigenvalue weighted by atomic mass is 16.3. The number of aliphatic hydroxyl groups is 1. The standard InChI is InChI=1S/C12H19NO4/c14-8-4-2-1-3-5-10(15)9-13-11(16)6-7-12(13)17/h14H,1-9H2. The molecule has 17 heavy (non-hydrogen) atoms. The summed E-state index contributed by atoms with van der Waals surface area (Å²) in [5, 5.41) is 8.57. The Morgan fingerprint density at radius 1 is 1.06 bits per heavy atom. The molecule has 1 aliphatic rings. The van der Waals surface area contributed by atoms with Crippen molar-refractivity contribution in [1.82, 2.24) is 4.90 Å². The summed E-state index contributed by atoms with van der Waals surface area (Å²) in [6.07, 6.45) is 4.21. The van der Waals surface area contributed by atoms with Crippen LogP contribution in [0.25, 0.3) is 0 Å². The van der Waals surface area contributed by atoms with E-state index in [1.807, 2.05) is 0 Å². The summed E-state index contributed by atoms with van der Waals surface area (Å²) in [5.41, 5.74) is 0. The van der Waals surface area contributed by atoms with Gasteiger partial charge in [0, 0.05) is 25.9 Å². The lowest BCUT2D eigenvalue weighted by Gasteiger charge is -2.12. The molecule has 1 heterocycles. The van der Waals surface area contributed by atoms with Crippen molar-refractivity contribution in [3.8, 4) is 0 Å². The number of carbonyl (C=O) groups excluding carboxylic acids is 3. The number of rotatable bonds is 8. The molecular weight excluding hydrogens is 222 g/mol. The molecule has 0 aromatic heterocycles. The topological polar surface area (TPSA) is 74.7 Å². The minimum Gasteiger partial charge on any atom is -0.396 e. The van der Waals surface area contributed by atoms with Crippen molar-refractivity contribution >= 4 is 17.6 Å². The molecule has 1 rings (SSSR count). The lowest BCUT2D eigenvalue weighted by Crippen LogP contribution is -2.34. The van der Waals surface area contributed by atoms with E-state index in [9.17, 15) is 14.4 Å². The molecule has 2 amide bonds. The predicted molar refractivity (Wildman–Crippen MR) is 61.1 cm³/mol. The lowest BCUT2D eigenvalue weighted by molar-refractivity contribution is -0.141. The maximum Gasteiger partial charge on any atom is 0.230 e. The molecule has 1 aliphatic heterocycles. The zero-order chi connectivity index (χ0) is 12.7. The maximum absolute atomic E-state index is 11.5. The Hall–Kier alpha value is -1.23. The molecule has 0 bridgehead atoms. The first-order chi connectivity index (χ1) is 8.15. The van der Waals surface area contributed by atoms with Crippen LogP contribution in [0.15, 0.2) is 0 Å². The van der Waals surface area contributed by atoms with Crippen LogP contribution >= 0.6 is 0 Å². The van der Waals surface area contributed by atoms with Gasteiger partial charge in [0.15, 0.2) is 5.78 Å². The second kappa shape index (κ2) is 7.17. The molecule has 5 nitrogen and oxygen atoms in total. The normalized spacial score (nSPS) is 15.7. The Balaban J connectivity index is 2.16. The zero-order valence-corrected chi connectivity index (χ0v) is 9.98. The van der Waals surface area contributed by atoms with Crippen LogP contribution in [0.5, 0.6) is 0 Å². The van der Waals surface area contributed by atoms with Gasteiger partial charge >= 0.3 is 0 Å². The Morgan fingerprint density at radius 3 is 2.24 bits per heavy atom. The Bertz CT molecular complexity index is 285. The Kier molecular flexibility index (Phi) is 5.83. The van der Waals surface area contributed by atoms with Crippen LogP contribution in [0.2, 0.25) is 0 Å². The number of ketones is 1. The van der Waals surface area contributed by atoms with Gasteiger partial charge in [0.05, 0.1) is 6.54 Å². The van der Waals surface area contributed by atoms with Crippen molar-refractivity contribution in [1.29, 1.82) is 0 Å². The van der Waals surface area contributed by atoms with E-state index in [0.29, 0.717) is 6.42 Å². The predicted octanol–water partition coefficient (Wildman–Crippen LogP) is 0.647. The van der Waals surface area contributed by atoms with Crippen LogP contribution < -0.4 is 0 Å². The molecule has 0 aliphatic carbocycles. The molecule has 0 atom stereocenters. The van der Waals surface area contributed by atoms with E-state index in [4.69, 9.17) is 5.11 Å². The van der Waals surface area contributed by atoms with Gasteiger partial charge in [0.2, 0.25) is 11.8 Å². The number of amides is 2. The van der Waals surface area contributed by atoms with Gasteiger partial charge in [0.25, 0.3) is 0 Å². The molecule has 0 unspecified atom stereocenters. The minimum atomic E-state index is -0.233. The van der Waals surface area contributed by atoms with Crippen molar-refractivity contribution in [2.45, 2.75) is 44.9 Å². The molecule has 0 aromatic rings. The van der Waals surface area contributed by atoms with Crippen molar-refractivity contribution in [3.05, 3.63) is 0 Å². The van der Waals surface area contributed by atoms with Crippen molar-refractivity contribution in [2.75, 3.05) is 13.2 Å². The summed E-state index contributed by atoms with van der Waals surface area (Å²) in [4.78, 5) is 35.1. The number of carbonyl (C=O) groups is 3. The van der Waals surface area contributed by atoms with Crippen molar-refractivity contribution < 1.29 is 19.5 Å². The monoisotopic (exact) mass is 241 g/mol. The fourth-order valence-corrected chi connectivity index (χ4v) is 1.84. The van der Waals surface area contributed by atoms with Crippen LogP contribution in [0, 0.1) is 0 Å². The molecule has 0 aromatic carbocycles. The summed E-state index contributed by atoms with van der Waals surface area (Å²) in [7, 11) is 0. The highest BCUT2D eigenvalue weighted by Crippen LogP contribution is 2.12. The fourth-order valence-electron chi connectivity index (χ4n) is 1.84. The number of imide groups is 1. The van der Waals surface area contributed by atoms with Gasteiger partial charge in [-0.15, -0.1) is 0 Å². The van der Waals surface area contributed by atoms with Gasteiger partial charge in [-0.2, -0.15) is 0 Å². The van der Waals surface area contributed by atoms with Gasteiger partial charge in [-0.25, -0.2) is 0 Å². The molecule has 1 N–H and O–H groups in total. The molecule has 0 radical (unpaired) electrons. The summed E-state index contributed by atoms with van der Waals surface area (Å²) >= 11 is 0. The van der Waals surface area contributed by atoms with Gasteiger partial charge in [-0.1, -0.05) is 12.8 Å². The quantitative estimate of drug-likeness (QED) is 0.500. The SMILES string of the molecule is O=C(CCCCCCO)CN1C(=O)CCC1=O. The summed E-state index contributed by atoms with van der Waals surface area (Å²) < 4.78 is 0. The van der Waals surface area contributed by atoms with Crippen molar-refractivity contribution in [3.63, 3.8) is 0 Å². The number of likely N-dealkylation sites (tertiary alicyclic amines) is 1. The van der Waals surface area contributed by atoms with Gasteiger partial charge in [0.1, 0.15) is 0 Å². The smallest absolute Gasteiger partial charge is 0.230 e. The molecule has 96 valence electrons. The van der Waals surface area contributed by atoms with Crippen LogP contribution in [0.4, 0.5) is 0 Å². The van der Waals surface area contributed by atoms with Crippen LogP contribution in [0.3, 0.4) is 0 Å². The highest BCUT2D eigenvalue weighted by Gasteiger charge is 2.29. The average Bonchev–Trinajstić information content (AvgIpc) is 2.60. The number of hydrogen-bond acceptors (Lipinski definition) is 4. The van der Waals surface area contributed by atoms with Crippen LogP contribution in [0.1, 0.15) is 44.9 Å². The largest absolute Gasteiger partial charge is 0.396 e. The third kappa shape index (κ3) is 4.65. The van der Waals surface area contributed by atoms with E-state index in [-0.39, 0.29) is 43.6 Å². The lowest BCUT2D eigenvalue weighted by atomic mass is 10.1. The summed E-state index contributed by atoms with van der Waals surface area (Å²) in [6, 6.07) is 0. The second-order valence-electron chi connectivity index (χ2n) is 4.30. The third-order valence-corrected chi connectivity index (χ3v) is 2.85. The first kappa shape index (κ1) is 13.8. The van der Waals surface area contributed by atoms with E-state index in [1.165, 1.54) is 0 Å². The molecular formula is C12H19NO4. The number of hydrogen-bond donors (Lipinski definition) is 1. The van der Waals surface area contributed by atoms with Crippen LogP contribution in [-0.2, 0) is 14.4 Å². The Morgan fingerprint density at radius 2 is 1.65 bits per heavy atom. The third-order valence-electron chi connectivity index (χ3n) is 2.85. The van der Waals surface area contributed by atoms with Gasteiger partial charge in [-0.3, -0.25) is 19.3 Å². The number of unbranched alkanes of at least 4 members (excludes halogenated alkanes) is 3.